The Kier molecular flexibility index (Phi) is 7.13. The molecule has 0 unspecified atom stereocenters. The van der Waals surface area contributed by atoms with Gasteiger partial charge in [-0.3, -0.25) is 4.79 Å². The van der Waals surface area contributed by atoms with Gasteiger partial charge in [0, 0.05) is 12.6 Å². The van der Waals surface area contributed by atoms with Crippen LogP contribution in [-0.2, 0) is 14.8 Å². The van der Waals surface area contributed by atoms with E-state index in [1.807, 2.05) is 6.92 Å². The molecule has 0 radical (unpaired) electrons. The molecule has 3 rings (SSSR count). The van der Waals surface area contributed by atoms with Crippen molar-refractivity contribution in [2.24, 2.45) is 0 Å². The lowest BCUT2D eigenvalue weighted by molar-refractivity contribution is -0.116. The second-order valence-electron chi connectivity index (χ2n) is 6.75. The largest absolute Gasteiger partial charge is 0.486 e. The minimum atomic E-state index is -3.94. The van der Waals surface area contributed by atoms with E-state index >= 15 is 0 Å². The third kappa shape index (κ3) is 4.83. The van der Waals surface area contributed by atoms with E-state index in [9.17, 15) is 13.2 Å². The van der Waals surface area contributed by atoms with Crippen LogP contribution in [0.25, 0.3) is 0 Å². The maximum absolute atomic E-state index is 13.2. The maximum atomic E-state index is 13.2. The van der Waals surface area contributed by atoms with E-state index < -0.39 is 15.9 Å². The minimum Gasteiger partial charge on any atom is -0.486 e. The summed E-state index contributed by atoms with van der Waals surface area (Å²) < 4.78 is 38.4. The van der Waals surface area contributed by atoms with Crippen molar-refractivity contribution in [3.8, 4) is 11.5 Å². The fourth-order valence-corrected chi connectivity index (χ4v) is 4.95. The highest BCUT2D eigenvalue weighted by Gasteiger charge is 2.28. The van der Waals surface area contributed by atoms with Gasteiger partial charge in [0.25, 0.3) is 0 Å². The summed E-state index contributed by atoms with van der Waals surface area (Å²) in [6.07, 6.45) is 0.531. The molecule has 1 N–H and O–H groups in total. The average Bonchev–Trinajstić information content (AvgIpc) is 2.73. The number of hydrogen-bond donors (Lipinski definition) is 1. The Morgan fingerprint density at radius 3 is 2.53 bits per heavy atom. The highest BCUT2D eigenvalue weighted by atomic mass is 35.5. The Morgan fingerprint density at radius 2 is 1.83 bits per heavy atom. The van der Waals surface area contributed by atoms with Crippen LogP contribution in [0.15, 0.2) is 35.2 Å². The van der Waals surface area contributed by atoms with Crippen molar-refractivity contribution in [1.29, 1.82) is 0 Å². The van der Waals surface area contributed by atoms with Gasteiger partial charge in [0.1, 0.15) is 13.2 Å². The molecule has 2 aromatic carbocycles. The lowest BCUT2D eigenvalue weighted by Crippen LogP contribution is -2.38. The van der Waals surface area contributed by atoms with Gasteiger partial charge in [0.05, 0.1) is 27.2 Å². The number of anilines is 1. The molecule has 1 aliphatic heterocycles. The van der Waals surface area contributed by atoms with Crippen LogP contribution in [0.2, 0.25) is 10.0 Å². The van der Waals surface area contributed by atoms with E-state index in [1.54, 1.807) is 25.1 Å². The molecule has 0 aliphatic carbocycles. The van der Waals surface area contributed by atoms with Crippen molar-refractivity contribution in [1.82, 2.24) is 4.31 Å². The number of ether oxygens (including phenoxy) is 2. The minimum absolute atomic E-state index is 0.0274. The maximum Gasteiger partial charge on any atom is 0.243 e. The molecule has 0 saturated carbocycles. The standard InChI is InChI=1S/C20H22Cl2N2O5S/c1-3-8-24(12-18(25)23-20-15(21)6-4-13(2)19(20)22)30(26,27)14-5-7-16-17(11-14)29-10-9-28-16/h4-7,11H,3,8-10,12H2,1-2H3,(H,23,25). The van der Waals surface area contributed by atoms with Gasteiger partial charge in [-0.1, -0.05) is 36.2 Å². The van der Waals surface area contributed by atoms with Gasteiger partial charge >= 0.3 is 0 Å². The van der Waals surface area contributed by atoms with E-state index in [0.717, 1.165) is 9.87 Å². The van der Waals surface area contributed by atoms with Gasteiger partial charge in [0.2, 0.25) is 15.9 Å². The number of benzene rings is 2. The Morgan fingerprint density at radius 1 is 1.13 bits per heavy atom. The van der Waals surface area contributed by atoms with Crippen LogP contribution in [0, 0.1) is 6.92 Å². The van der Waals surface area contributed by atoms with Crippen LogP contribution >= 0.6 is 23.2 Å². The second kappa shape index (κ2) is 9.43. The molecule has 0 atom stereocenters. The van der Waals surface area contributed by atoms with E-state index in [2.05, 4.69) is 5.32 Å². The number of fused-ring (bicyclic) bond motifs is 1. The Bertz CT molecular complexity index is 1060. The molecule has 0 fully saturated rings. The molecular formula is C20H22Cl2N2O5S. The fraction of sp³-hybridized carbons (Fsp3) is 0.350. The molecule has 2 aromatic rings. The molecular weight excluding hydrogens is 451 g/mol. The zero-order valence-electron chi connectivity index (χ0n) is 16.6. The first-order valence-corrected chi connectivity index (χ1v) is 11.6. The van der Waals surface area contributed by atoms with E-state index in [-0.39, 0.29) is 28.7 Å². The predicted octanol–water partition coefficient (Wildman–Crippen LogP) is 4.11. The summed E-state index contributed by atoms with van der Waals surface area (Å²) in [5.41, 5.74) is 1.00. The first-order chi connectivity index (χ1) is 14.2. The molecule has 162 valence electrons. The summed E-state index contributed by atoms with van der Waals surface area (Å²) in [5, 5.41) is 3.21. The molecule has 7 nitrogen and oxygen atoms in total. The lowest BCUT2D eigenvalue weighted by Gasteiger charge is -2.23. The van der Waals surface area contributed by atoms with Gasteiger partial charge in [-0.05, 0) is 37.1 Å². The number of hydrogen-bond acceptors (Lipinski definition) is 5. The van der Waals surface area contributed by atoms with Crippen LogP contribution in [-0.4, -0.2) is 44.9 Å². The van der Waals surface area contributed by atoms with Crippen molar-refractivity contribution in [2.45, 2.75) is 25.2 Å². The molecule has 0 aromatic heterocycles. The van der Waals surface area contributed by atoms with Crippen molar-refractivity contribution in [3.63, 3.8) is 0 Å². The summed E-state index contributed by atoms with van der Waals surface area (Å²) in [7, 11) is -3.94. The number of sulfonamides is 1. The predicted molar refractivity (Wildman–Crippen MR) is 116 cm³/mol. The first-order valence-electron chi connectivity index (χ1n) is 9.38. The second-order valence-corrected chi connectivity index (χ2v) is 9.47. The van der Waals surface area contributed by atoms with Crippen LogP contribution in [0.3, 0.4) is 0 Å². The van der Waals surface area contributed by atoms with Gasteiger partial charge < -0.3 is 14.8 Å². The Labute approximate surface area is 185 Å². The molecule has 0 spiro atoms. The molecule has 10 heteroatoms. The molecule has 1 amide bonds. The smallest absolute Gasteiger partial charge is 0.243 e. The van der Waals surface area contributed by atoms with E-state index in [1.165, 1.54) is 12.1 Å². The summed E-state index contributed by atoms with van der Waals surface area (Å²) in [4.78, 5) is 12.7. The van der Waals surface area contributed by atoms with Crippen LogP contribution in [0.4, 0.5) is 5.69 Å². The quantitative estimate of drug-likeness (QED) is 0.654. The van der Waals surface area contributed by atoms with Gasteiger partial charge in [-0.15, -0.1) is 0 Å². The summed E-state index contributed by atoms with van der Waals surface area (Å²) >= 11 is 12.4. The first kappa shape index (κ1) is 22.7. The number of halogens is 2. The average molecular weight is 473 g/mol. The van der Waals surface area contributed by atoms with Crippen molar-refractivity contribution in [2.75, 3.05) is 31.6 Å². The number of rotatable bonds is 7. The van der Waals surface area contributed by atoms with Crippen LogP contribution in [0.1, 0.15) is 18.9 Å². The summed E-state index contributed by atoms with van der Waals surface area (Å²) in [6.45, 7) is 4.15. The van der Waals surface area contributed by atoms with Crippen molar-refractivity contribution >= 4 is 44.8 Å². The molecule has 30 heavy (non-hydrogen) atoms. The van der Waals surface area contributed by atoms with Gasteiger partial charge in [-0.2, -0.15) is 4.31 Å². The molecule has 0 saturated heterocycles. The highest BCUT2D eigenvalue weighted by Crippen LogP contribution is 2.34. The van der Waals surface area contributed by atoms with Gasteiger partial charge in [-0.25, -0.2) is 8.42 Å². The lowest BCUT2D eigenvalue weighted by atomic mass is 10.2. The normalized spacial score (nSPS) is 13.4. The number of amides is 1. The SMILES string of the molecule is CCCN(CC(=O)Nc1c(Cl)ccc(C)c1Cl)S(=O)(=O)c1ccc2c(c1)OCCO2. The van der Waals surface area contributed by atoms with E-state index in [0.29, 0.717) is 36.2 Å². The number of nitrogens with one attached hydrogen (secondary N) is 1. The highest BCUT2D eigenvalue weighted by molar-refractivity contribution is 7.89. The zero-order valence-corrected chi connectivity index (χ0v) is 18.9. The topological polar surface area (TPSA) is 84.9 Å². The number of nitrogens with zero attached hydrogens (tertiary/aromatic N) is 1. The number of aryl methyl sites for hydroxylation is 1. The third-order valence-electron chi connectivity index (χ3n) is 4.49. The van der Waals surface area contributed by atoms with Gasteiger partial charge in [0.15, 0.2) is 11.5 Å². The number of carbonyl (C=O) groups excluding carboxylic acids is 1. The number of carbonyl (C=O) groups is 1. The van der Waals surface area contributed by atoms with Crippen molar-refractivity contribution in [3.05, 3.63) is 45.9 Å². The summed E-state index contributed by atoms with van der Waals surface area (Å²) in [5.74, 6) is 0.309. The molecule has 0 bridgehead atoms. The fourth-order valence-electron chi connectivity index (χ4n) is 2.98. The Hall–Kier alpha value is -2.00. The van der Waals surface area contributed by atoms with Crippen LogP contribution in [0.5, 0.6) is 11.5 Å². The summed E-state index contributed by atoms with van der Waals surface area (Å²) in [6, 6.07) is 7.76. The van der Waals surface area contributed by atoms with Crippen molar-refractivity contribution < 1.29 is 22.7 Å². The van der Waals surface area contributed by atoms with E-state index in [4.69, 9.17) is 32.7 Å². The molecule has 1 aliphatic rings. The monoisotopic (exact) mass is 472 g/mol. The van der Waals surface area contributed by atoms with Crippen LogP contribution < -0.4 is 14.8 Å². The zero-order chi connectivity index (χ0) is 21.9. The Balaban J connectivity index is 1.83. The third-order valence-corrected chi connectivity index (χ3v) is 7.14. The molecule has 1 heterocycles.